The molecule has 1 unspecified atom stereocenters. The molecule has 0 heterocycles. The molecule has 0 aromatic heterocycles. The molecule has 0 aliphatic heterocycles. The molecule has 1 aliphatic carbocycles. The molecule has 1 rings (SSSR count). The van der Waals surface area contributed by atoms with Crippen molar-refractivity contribution in [2.45, 2.75) is 45.1 Å². The number of unbranched alkanes of at least 4 members (excludes halogenated alkanes) is 1. The summed E-state index contributed by atoms with van der Waals surface area (Å²) < 4.78 is 5.32. The Balaban J connectivity index is 2.04. The second kappa shape index (κ2) is 7.63. The Labute approximate surface area is 97.9 Å². The van der Waals surface area contributed by atoms with Gasteiger partial charge in [-0.2, -0.15) is 0 Å². The number of amides is 1. The van der Waals surface area contributed by atoms with Gasteiger partial charge in [-0.05, 0) is 25.2 Å². The lowest BCUT2D eigenvalue weighted by atomic mass is 10.1. The van der Waals surface area contributed by atoms with Gasteiger partial charge in [0.25, 0.3) is 0 Å². The predicted molar refractivity (Wildman–Crippen MR) is 64.1 cm³/mol. The molecule has 16 heavy (non-hydrogen) atoms. The van der Waals surface area contributed by atoms with E-state index in [-0.39, 0.29) is 18.6 Å². The highest BCUT2D eigenvalue weighted by molar-refractivity contribution is 5.77. The van der Waals surface area contributed by atoms with Crippen molar-refractivity contribution in [1.82, 2.24) is 5.32 Å². The van der Waals surface area contributed by atoms with Crippen LogP contribution >= 0.6 is 0 Å². The van der Waals surface area contributed by atoms with E-state index >= 15 is 0 Å². The van der Waals surface area contributed by atoms with Crippen molar-refractivity contribution in [3.8, 4) is 0 Å². The minimum atomic E-state index is -0.0350. The van der Waals surface area contributed by atoms with Crippen LogP contribution in [-0.2, 0) is 9.53 Å². The van der Waals surface area contributed by atoms with Crippen LogP contribution in [0.4, 0.5) is 0 Å². The molecule has 1 saturated carbocycles. The van der Waals surface area contributed by atoms with Gasteiger partial charge in [0, 0.05) is 12.6 Å². The van der Waals surface area contributed by atoms with Crippen molar-refractivity contribution in [3.63, 3.8) is 0 Å². The molecule has 0 radical (unpaired) electrons. The Kier molecular flexibility index (Phi) is 6.42. The van der Waals surface area contributed by atoms with E-state index in [9.17, 15) is 4.79 Å². The lowest BCUT2D eigenvalue weighted by Gasteiger charge is -2.16. The number of rotatable bonds is 9. The average Bonchev–Trinajstić information content (AvgIpc) is 3.08. The molecule has 1 amide bonds. The average molecular weight is 228 g/mol. The number of hydrogen-bond donors (Lipinski definition) is 2. The summed E-state index contributed by atoms with van der Waals surface area (Å²) in [6.07, 6.45) is 5.70. The highest BCUT2D eigenvalue weighted by Crippen LogP contribution is 2.28. The van der Waals surface area contributed by atoms with Gasteiger partial charge in [0.05, 0.1) is 6.61 Å². The molecule has 1 fully saturated rings. The molecule has 4 nitrogen and oxygen atoms in total. The van der Waals surface area contributed by atoms with Crippen LogP contribution in [0.1, 0.15) is 39.0 Å². The Morgan fingerprint density at radius 1 is 1.56 bits per heavy atom. The van der Waals surface area contributed by atoms with Crippen LogP contribution in [0.5, 0.6) is 0 Å². The zero-order valence-corrected chi connectivity index (χ0v) is 10.2. The molecule has 0 saturated heterocycles. The summed E-state index contributed by atoms with van der Waals surface area (Å²) >= 11 is 0. The summed E-state index contributed by atoms with van der Waals surface area (Å²) in [5.74, 6) is 0.672. The fraction of sp³-hybridized carbons (Fsp3) is 0.917. The highest BCUT2D eigenvalue weighted by Gasteiger charge is 2.21. The lowest BCUT2D eigenvalue weighted by molar-refractivity contribution is -0.126. The molecule has 94 valence electrons. The Bertz CT molecular complexity index is 205. The van der Waals surface area contributed by atoms with E-state index in [0.717, 1.165) is 25.9 Å². The molecule has 0 bridgehead atoms. The first-order valence-electron chi connectivity index (χ1n) is 6.33. The van der Waals surface area contributed by atoms with E-state index in [1.165, 1.54) is 12.8 Å². The van der Waals surface area contributed by atoms with Crippen molar-refractivity contribution in [2.75, 3.05) is 19.8 Å². The van der Waals surface area contributed by atoms with Crippen LogP contribution < -0.4 is 11.1 Å². The van der Waals surface area contributed by atoms with Gasteiger partial charge in [0.15, 0.2) is 0 Å². The standard InChI is InChI=1S/C12H24N2O2/c1-2-3-4-11(7-13)14-12(15)9-16-8-10-5-6-10/h10-11H,2-9,13H2,1H3,(H,14,15). The summed E-state index contributed by atoms with van der Waals surface area (Å²) in [6, 6.07) is 0.108. The van der Waals surface area contributed by atoms with Crippen LogP contribution in [0.3, 0.4) is 0 Å². The molecule has 0 spiro atoms. The second-order valence-corrected chi connectivity index (χ2v) is 4.60. The van der Waals surface area contributed by atoms with E-state index in [0.29, 0.717) is 12.5 Å². The number of carbonyl (C=O) groups is 1. The number of hydrogen-bond acceptors (Lipinski definition) is 3. The predicted octanol–water partition coefficient (Wildman–Crippen LogP) is 1.05. The van der Waals surface area contributed by atoms with Crippen LogP contribution in [0.15, 0.2) is 0 Å². The third-order valence-corrected chi connectivity index (χ3v) is 2.84. The summed E-state index contributed by atoms with van der Waals surface area (Å²) in [4.78, 5) is 11.5. The van der Waals surface area contributed by atoms with Gasteiger partial charge in [-0.25, -0.2) is 0 Å². The van der Waals surface area contributed by atoms with Gasteiger partial charge in [0.1, 0.15) is 6.61 Å². The zero-order chi connectivity index (χ0) is 11.8. The van der Waals surface area contributed by atoms with E-state index < -0.39 is 0 Å². The Hall–Kier alpha value is -0.610. The van der Waals surface area contributed by atoms with Crippen molar-refractivity contribution in [3.05, 3.63) is 0 Å². The van der Waals surface area contributed by atoms with E-state index in [4.69, 9.17) is 10.5 Å². The quantitative estimate of drug-likeness (QED) is 0.620. The minimum absolute atomic E-state index is 0.0350. The van der Waals surface area contributed by atoms with Gasteiger partial charge < -0.3 is 15.8 Å². The second-order valence-electron chi connectivity index (χ2n) is 4.60. The van der Waals surface area contributed by atoms with Crippen molar-refractivity contribution in [1.29, 1.82) is 0 Å². The minimum Gasteiger partial charge on any atom is -0.371 e. The molecule has 4 heteroatoms. The molecular weight excluding hydrogens is 204 g/mol. The summed E-state index contributed by atoms with van der Waals surface area (Å²) in [5, 5.41) is 2.91. The van der Waals surface area contributed by atoms with Gasteiger partial charge >= 0.3 is 0 Å². The maximum Gasteiger partial charge on any atom is 0.246 e. The van der Waals surface area contributed by atoms with Gasteiger partial charge in [-0.3, -0.25) is 4.79 Å². The molecular formula is C12H24N2O2. The number of nitrogens with two attached hydrogens (primary N) is 1. The van der Waals surface area contributed by atoms with Crippen LogP contribution in [0.25, 0.3) is 0 Å². The first-order valence-corrected chi connectivity index (χ1v) is 6.33. The lowest BCUT2D eigenvalue weighted by Crippen LogP contribution is -2.41. The topological polar surface area (TPSA) is 64.3 Å². The van der Waals surface area contributed by atoms with E-state index in [1.807, 2.05) is 0 Å². The number of nitrogens with one attached hydrogen (secondary N) is 1. The van der Waals surface area contributed by atoms with Crippen LogP contribution in [-0.4, -0.2) is 31.7 Å². The fourth-order valence-electron chi connectivity index (χ4n) is 1.57. The zero-order valence-electron chi connectivity index (χ0n) is 10.2. The maximum atomic E-state index is 11.5. The van der Waals surface area contributed by atoms with Crippen molar-refractivity contribution in [2.24, 2.45) is 11.7 Å². The van der Waals surface area contributed by atoms with Crippen molar-refractivity contribution >= 4 is 5.91 Å². The monoisotopic (exact) mass is 228 g/mol. The molecule has 3 N–H and O–H groups in total. The Morgan fingerprint density at radius 3 is 2.88 bits per heavy atom. The molecule has 1 aliphatic rings. The maximum absolute atomic E-state index is 11.5. The summed E-state index contributed by atoms with van der Waals surface area (Å²) in [5.41, 5.74) is 5.59. The SMILES string of the molecule is CCCCC(CN)NC(=O)COCC1CC1. The summed E-state index contributed by atoms with van der Waals surface area (Å²) in [6.45, 7) is 3.55. The molecule has 0 aromatic carbocycles. The number of ether oxygens (including phenoxy) is 1. The first kappa shape index (κ1) is 13.5. The third-order valence-electron chi connectivity index (χ3n) is 2.84. The summed E-state index contributed by atoms with van der Waals surface area (Å²) in [7, 11) is 0. The Morgan fingerprint density at radius 2 is 2.31 bits per heavy atom. The fourth-order valence-corrected chi connectivity index (χ4v) is 1.57. The smallest absolute Gasteiger partial charge is 0.246 e. The van der Waals surface area contributed by atoms with Gasteiger partial charge in [-0.1, -0.05) is 19.8 Å². The largest absolute Gasteiger partial charge is 0.371 e. The highest BCUT2D eigenvalue weighted by atomic mass is 16.5. The van der Waals surface area contributed by atoms with Gasteiger partial charge in [0.2, 0.25) is 5.91 Å². The van der Waals surface area contributed by atoms with Crippen molar-refractivity contribution < 1.29 is 9.53 Å². The van der Waals surface area contributed by atoms with E-state index in [2.05, 4.69) is 12.2 Å². The third kappa shape index (κ3) is 6.08. The van der Waals surface area contributed by atoms with E-state index in [1.54, 1.807) is 0 Å². The molecule has 1 atom stereocenters. The normalized spacial score (nSPS) is 17.1. The van der Waals surface area contributed by atoms with Gasteiger partial charge in [-0.15, -0.1) is 0 Å². The number of carbonyl (C=O) groups excluding carboxylic acids is 1. The molecule has 0 aromatic rings. The first-order chi connectivity index (χ1) is 7.76. The van der Waals surface area contributed by atoms with Crippen LogP contribution in [0, 0.1) is 5.92 Å². The van der Waals surface area contributed by atoms with Crippen LogP contribution in [0.2, 0.25) is 0 Å².